The van der Waals surface area contributed by atoms with Crippen LogP contribution in [0.25, 0.3) is 11.3 Å². The number of aliphatic hydroxyl groups excluding tert-OH is 1. The molecule has 150 valence electrons. The van der Waals surface area contributed by atoms with Gasteiger partial charge in [0.15, 0.2) is 0 Å². The SMILES string of the molecule is CSCC(=O)N1CC2CN(Cc3cccc(-c4ccc(C)o4)c3)CC2(CO)C1. The Hall–Kier alpha value is -1.76. The van der Waals surface area contributed by atoms with E-state index in [-0.39, 0.29) is 17.9 Å². The van der Waals surface area contributed by atoms with Crippen LogP contribution in [0.2, 0.25) is 0 Å². The number of aryl methyl sites for hydroxylation is 1. The first-order chi connectivity index (χ1) is 13.5. The Balaban J connectivity index is 1.44. The molecule has 1 aromatic carbocycles. The zero-order valence-electron chi connectivity index (χ0n) is 16.6. The van der Waals surface area contributed by atoms with Crippen molar-refractivity contribution in [3.8, 4) is 11.3 Å². The number of furan rings is 1. The van der Waals surface area contributed by atoms with Crippen LogP contribution < -0.4 is 0 Å². The molecule has 5 nitrogen and oxygen atoms in total. The molecule has 1 aromatic heterocycles. The smallest absolute Gasteiger partial charge is 0.232 e. The molecule has 0 radical (unpaired) electrons. The van der Waals surface area contributed by atoms with Gasteiger partial charge in [-0.3, -0.25) is 9.69 Å². The van der Waals surface area contributed by atoms with Gasteiger partial charge in [0.25, 0.3) is 0 Å². The first-order valence-corrected chi connectivity index (χ1v) is 11.2. The highest BCUT2D eigenvalue weighted by Crippen LogP contribution is 2.42. The van der Waals surface area contributed by atoms with Crippen molar-refractivity contribution in [2.75, 3.05) is 44.8 Å². The monoisotopic (exact) mass is 400 g/mol. The van der Waals surface area contributed by atoms with Crippen molar-refractivity contribution in [2.24, 2.45) is 11.3 Å². The van der Waals surface area contributed by atoms with Crippen molar-refractivity contribution in [1.82, 2.24) is 9.80 Å². The first kappa shape index (κ1) is 19.6. The second-order valence-corrected chi connectivity index (χ2v) is 9.07. The number of aliphatic hydroxyl groups is 1. The molecule has 6 heteroatoms. The van der Waals surface area contributed by atoms with Gasteiger partial charge >= 0.3 is 0 Å². The van der Waals surface area contributed by atoms with Gasteiger partial charge in [0.05, 0.1) is 12.4 Å². The molecule has 2 fully saturated rings. The lowest BCUT2D eigenvalue weighted by Crippen LogP contribution is -2.39. The largest absolute Gasteiger partial charge is 0.461 e. The standard InChI is InChI=1S/C22H28N2O3S/c1-16-6-7-20(27-16)18-5-3-4-17(8-18)9-23-10-19-11-24(21(26)12-28-2)14-22(19,13-23)15-25/h3-8,19,25H,9-15H2,1-2H3. The van der Waals surface area contributed by atoms with E-state index in [9.17, 15) is 9.90 Å². The van der Waals surface area contributed by atoms with E-state index in [1.165, 1.54) is 5.56 Å². The van der Waals surface area contributed by atoms with Gasteiger partial charge in [-0.25, -0.2) is 0 Å². The number of hydrogen-bond donors (Lipinski definition) is 1. The van der Waals surface area contributed by atoms with Crippen molar-refractivity contribution in [3.63, 3.8) is 0 Å². The summed E-state index contributed by atoms with van der Waals surface area (Å²) in [4.78, 5) is 16.7. The van der Waals surface area contributed by atoms with Gasteiger partial charge in [0, 0.05) is 43.7 Å². The summed E-state index contributed by atoms with van der Waals surface area (Å²) in [7, 11) is 0. The molecule has 3 heterocycles. The van der Waals surface area contributed by atoms with E-state index in [4.69, 9.17) is 4.42 Å². The highest BCUT2D eigenvalue weighted by atomic mass is 32.2. The van der Waals surface area contributed by atoms with Crippen LogP contribution in [0.1, 0.15) is 11.3 Å². The molecule has 2 aliphatic heterocycles. The van der Waals surface area contributed by atoms with Crippen molar-refractivity contribution in [1.29, 1.82) is 0 Å². The number of benzene rings is 1. The molecule has 28 heavy (non-hydrogen) atoms. The minimum Gasteiger partial charge on any atom is -0.461 e. The normalized spacial score (nSPS) is 24.7. The molecule has 4 rings (SSSR count). The van der Waals surface area contributed by atoms with Crippen LogP contribution in [0.15, 0.2) is 40.8 Å². The number of carbonyl (C=O) groups is 1. The van der Waals surface area contributed by atoms with Crippen molar-refractivity contribution < 1.29 is 14.3 Å². The van der Waals surface area contributed by atoms with Crippen LogP contribution in [0, 0.1) is 18.3 Å². The molecule has 0 saturated carbocycles. The van der Waals surface area contributed by atoms with Crippen LogP contribution in [0.4, 0.5) is 0 Å². The van der Waals surface area contributed by atoms with Crippen molar-refractivity contribution >= 4 is 17.7 Å². The summed E-state index contributed by atoms with van der Waals surface area (Å²) in [5, 5.41) is 10.2. The Morgan fingerprint density at radius 1 is 1.29 bits per heavy atom. The van der Waals surface area contributed by atoms with Crippen LogP contribution in [0.3, 0.4) is 0 Å². The van der Waals surface area contributed by atoms with E-state index in [0.717, 1.165) is 43.3 Å². The Bertz CT molecular complexity index is 852. The number of likely N-dealkylation sites (tertiary alicyclic amines) is 2. The zero-order chi connectivity index (χ0) is 19.7. The number of hydrogen-bond acceptors (Lipinski definition) is 5. The second kappa shape index (κ2) is 7.93. The van der Waals surface area contributed by atoms with Crippen LogP contribution in [0.5, 0.6) is 0 Å². The molecule has 2 aromatic rings. The van der Waals surface area contributed by atoms with E-state index in [0.29, 0.717) is 18.2 Å². The Kier molecular flexibility index (Phi) is 5.54. The number of amides is 1. The highest BCUT2D eigenvalue weighted by Gasteiger charge is 2.52. The van der Waals surface area contributed by atoms with E-state index < -0.39 is 0 Å². The minimum absolute atomic E-state index is 0.142. The topological polar surface area (TPSA) is 56.9 Å². The maximum Gasteiger partial charge on any atom is 0.232 e. The second-order valence-electron chi connectivity index (χ2n) is 8.20. The number of thioether (sulfide) groups is 1. The van der Waals surface area contributed by atoms with E-state index in [1.54, 1.807) is 11.8 Å². The lowest BCUT2D eigenvalue weighted by atomic mass is 9.82. The Morgan fingerprint density at radius 3 is 2.82 bits per heavy atom. The van der Waals surface area contributed by atoms with Gasteiger partial charge in [-0.2, -0.15) is 11.8 Å². The number of nitrogens with zero attached hydrogens (tertiary/aromatic N) is 2. The fraction of sp³-hybridized carbons (Fsp3) is 0.500. The van der Waals surface area contributed by atoms with Crippen LogP contribution >= 0.6 is 11.8 Å². The lowest BCUT2D eigenvalue weighted by molar-refractivity contribution is -0.128. The summed E-state index contributed by atoms with van der Waals surface area (Å²) >= 11 is 1.56. The molecule has 0 aliphatic carbocycles. The number of rotatable bonds is 6. The fourth-order valence-corrected chi connectivity index (χ4v) is 5.14. The van der Waals surface area contributed by atoms with E-state index in [2.05, 4.69) is 29.2 Å². The zero-order valence-corrected chi connectivity index (χ0v) is 17.4. The average molecular weight is 401 g/mol. The van der Waals surface area contributed by atoms with E-state index >= 15 is 0 Å². The molecule has 2 unspecified atom stereocenters. The molecule has 2 saturated heterocycles. The molecule has 1 amide bonds. The Labute approximate surface area is 170 Å². The maximum atomic E-state index is 12.3. The molecular weight excluding hydrogens is 372 g/mol. The van der Waals surface area contributed by atoms with E-state index in [1.807, 2.05) is 30.2 Å². The molecule has 0 spiro atoms. The molecule has 0 bridgehead atoms. The summed E-state index contributed by atoms with van der Waals surface area (Å²) in [6.45, 7) is 6.15. The molecule has 1 N–H and O–H groups in total. The van der Waals surface area contributed by atoms with Gasteiger partial charge < -0.3 is 14.4 Å². The van der Waals surface area contributed by atoms with Gasteiger partial charge in [-0.1, -0.05) is 18.2 Å². The van der Waals surface area contributed by atoms with Gasteiger partial charge in [0.2, 0.25) is 5.91 Å². The summed E-state index contributed by atoms with van der Waals surface area (Å²) in [6, 6.07) is 12.5. The molecule has 2 atom stereocenters. The van der Waals surface area contributed by atoms with Crippen LogP contribution in [-0.4, -0.2) is 65.6 Å². The van der Waals surface area contributed by atoms with Crippen LogP contribution in [-0.2, 0) is 11.3 Å². The fourth-order valence-electron chi connectivity index (χ4n) is 4.71. The predicted molar refractivity (Wildman–Crippen MR) is 112 cm³/mol. The Morgan fingerprint density at radius 2 is 2.14 bits per heavy atom. The first-order valence-electron chi connectivity index (χ1n) is 9.79. The number of fused-ring (bicyclic) bond motifs is 1. The summed E-state index contributed by atoms with van der Waals surface area (Å²) in [6.07, 6.45) is 1.95. The average Bonchev–Trinajstić information content (AvgIpc) is 3.34. The summed E-state index contributed by atoms with van der Waals surface area (Å²) < 4.78 is 5.76. The van der Waals surface area contributed by atoms with Crippen molar-refractivity contribution in [2.45, 2.75) is 13.5 Å². The third-order valence-electron chi connectivity index (χ3n) is 6.12. The van der Waals surface area contributed by atoms with Gasteiger partial charge in [-0.05, 0) is 42.9 Å². The van der Waals surface area contributed by atoms with Crippen molar-refractivity contribution in [3.05, 3.63) is 47.7 Å². The number of carbonyl (C=O) groups excluding carboxylic acids is 1. The summed E-state index contributed by atoms with van der Waals surface area (Å²) in [5.74, 6) is 2.88. The van der Waals surface area contributed by atoms with Gasteiger partial charge in [0.1, 0.15) is 11.5 Å². The third kappa shape index (κ3) is 3.73. The molecule has 2 aliphatic rings. The van der Waals surface area contributed by atoms with Gasteiger partial charge in [-0.15, -0.1) is 0 Å². The molecular formula is C22H28N2O3S. The third-order valence-corrected chi connectivity index (χ3v) is 6.66. The highest BCUT2D eigenvalue weighted by molar-refractivity contribution is 7.99. The predicted octanol–water partition coefficient (Wildman–Crippen LogP) is 2.87. The quantitative estimate of drug-likeness (QED) is 0.808. The lowest BCUT2D eigenvalue weighted by Gasteiger charge is -2.27. The minimum atomic E-state index is -0.177. The maximum absolute atomic E-state index is 12.3. The summed E-state index contributed by atoms with van der Waals surface area (Å²) in [5.41, 5.74) is 2.16.